The third-order valence-electron chi connectivity index (χ3n) is 6.32. The molecule has 0 bridgehead atoms. The first-order valence-corrected chi connectivity index (χ1v) is 12.7. The molecule has 2 amide bonds. The van der Waals surface area contributed by atoms with Crippen LogP contribution in [0.2, 0.25) is 0 Å². The molecule has 2 atom stereocenters. The number of alkyl halides is 1. The Kier molecular flexibility index (Phi) is 6.98. The first kappa shape index (κ1) is 25.6. The number of hydrogen-bond donors (Lipinski definition) is 1. The van der Waals surface area contributed by atoms with Crippen molar-refractivity contribution in [3.63, 3.8) is 0 Å². The van der Waals surface area contributed by atoms with Gasteiger partial charge >= 0.3 is 0 Å². The monoisotopic (exact) mass is 579 g/mol. The Balaban J connectivity index is 1.41. The third-order valence-corrected chi connectivity index (χ3v) is 6.76. The number of benzene rings is 1. The molecule has 1 N–H and O–H groups in total. The number of hydrogen-bond acceptors (Lipinski definition) is 7. The lowest BCUT2D eigenvalue weighted by Crippen LogP contribution is -2.44. The minimum Gasteiger partial charge on any atom is -0.326 e. The molecule has 1 aromatic carbocycles. The zero-order valence-electron chi connectivity index (χ0n) is 20.6. The van der Waals surface area contributed by atoms with E-state index in [2.05, 4.69) is 41.5 Å². The second kappa shape index (κ2) is 10.4. The van der Waals surface area contributed by atoms with Crippen LogP contribution in [-0.4, -0.2) is 66.2 Å². The van der Waals surface area contributed by atoms with Crippen LogP contribution in [0, 0.1) is 6.92 Å². The Labute approximate surface area is 225 Å². The second-order valence-electron chi connectivity index (χ2n) is 9.11. The number of aryl methyl sites for hydroxylation is 1. The van der Waals surface area contributed by atoms with Crippen molar-refractivity contribution in [2.75, 3.05) is 11.9 Å². The molecule has 1 fully saturated rings. The average Bonchev–Trinajstić information content (AvgIpc) is 3.44. The molecule has 194 valence electrons. The third kappa shape index (κ3) is 5.17. The predicted octanol–water partition coefficient (Wildman–Crippen LogP) is 3.74. The molecule has 1 aliphatic heterocycles. The van der Waals surface area contributed by atoms with Gasteiger partial charge in [-0.1, -0.05) is 12.1 Å². The number of pyridine rings is 1. The number of anilines is 1. The number of ketones is 1. The molecule has 3 aromatic heterocycles. The largest absolute Gasteiger partial charge is 0.326 e. The highest BCUT2D eigenvalue weighted by molar-refractivity contribution is 9.10. The number of carbonyl (C=O) groups excluding carboxylic acids is 3. The average molecular weight is 580 g/mol. The van der Waals surface area contributed by atoms with Gasteiger partial charge in [-0.3, -0.25) is 19.1 Å². The summed E-state index contributed by atoms with van der Waals surface area (Å²) < 4.78 is 16.4. The molecular weight excluding hydrogens is 557 g/mol. The first-order valence-electron chi connectivity index (χ1n) is 11.9. The number of carbonyl (C=O) groups is 3. The summed E-state index contributed by atoms with van der Waals surface area (Å²) in [7, 11) is 0. The summed E-state index contributed by atoms with van der Waals surface area (Å²) in [6, 6.07) is 11.3. The molecule has 10 nitrogen and oxygen atoms in total. The van der Waals surface area contributed by atoms with E-state index in [0.717, 1.165) is 16.8 Å². The van der Waals surface area contributed by atoms with Crippen molar-refractivity contribution in [1.29, 1.82) is 0 Å². The van der Waals surface area contributed by atoms with Crippen LogP contribution in [0.15, 0.2) is 53.3 Å². The number of halogens is 2. The Morgan fingerprint density at radius 1 is 1.16 bits per heavy atom. The highest BCUT2D eigenvalue weighted by Crippen LogP contribution is 2.28. The number of rotatable bonds is 6. The molecule has 1 saturated heterocycles. The fourth-order valence-corrected chi connectivity index (χ4v) is 4.93. The van der Waals surface area contributed by atoms with Crippen LogP contribution < -0.4 is 5.32 Å². The van der Waals surface area contributed by atoms with Gasteiger partial charge in [0.1, 0.15) is 34.9 Å². The molecule has 38 heavy (non-hydrogen) atoms. The van der Waals surface area contributed by atoms with E-state index in [1.165, 1.54) is 16.5 Å². The van der Waals surface area contributed by atoms with Crippen molar-refractivity contribution in [1.82, 2.24) is 29.9 Å². The van der Waals surface area contributed by atoms with E-state index < -0.39 is 24.0 Å². The van der Waals surface area contributed by atoms with Crippen LogP contribution in [-0.2, 0) is 16.1 Å². The Hall–Kier alpha value is -4.06. The van der Waals surface area contributed by atoms with Crippen molar-refractivity contribution >= 4 is 50.2 Å². The fourth-order valence-electron chi connectivity index (χ4n) is 4.59. The fraction of sp³-hybridized carbons (Fsp3) is 0.269. The molecule has 1 aliphatic rings. The lowest BCUT2D eigenvalue weighted by atomic mass is 10.0. The smallest absolute Gasteiger partial charge is 0.248 e. The maximum atomic E-state index is 14.4. The lowest BCUT2D eigenvalue weighted by molar-refractivity contribution is -0.137. The summed E-state index contributed by atoms with van der Waals surface area (Å²) in [5, 5.41) is 15.6. The minimum absolute atomic E-state index is 0.118. The van der Waals surface area contributed by atoms with Gasteiger partial charge < -0.3 is 10.2 Å². The Bertz CT molecular complexity index is 1570. The van der Waals surface area contributed by atoms with Crippen molar-refractivity contribution in [2.45, 2.75) is 39.0 Å². The van der Waals surface area contributed by atoms with E-state index in [4.69, 9.17) is 0 Å². The zero-order valence-corrected chi connectivity index (χ0v) is 22.1. The van der Waals surface area contributed by atoms with Gasteiger partial charge in [0.15, 0.2) is 5.78 Å². The normalized spacial score (nSPS) is 17.1. The van der Waals surface area contributed by atoms with Crippen LogP contribution in [0.5, 0.6) is 0 Å². The van der Waals surface area contributed by atoms with Crippen LogP contribution in [0.4, 0.5) is 10.2 Å². The number of nitrogens with zero attached hydrogens (tertiary/aromatic N) is 6. The minimum atomic E-state index is -1.34. The molecular formula is C26H23BrFN7O3. The number of Topliss-reactive ketones (excluding diaryl/α,β-unsaturated/α-hetero) is 1. The van der Waals surface area contributed by atoms with Gasteiger partial charge in [-0.25, -0.2) is 9.37 Å². The molecule has 0 aliphatic carbocycles. The second-order valence-corrected chi connectivity index (χ2v) is 9.92. The van der Waals surface area contributed by atoms with Gasteiger partial charge in [0.05, 0.1) is 24.0 Å². The quantitative estimate of drug-likeness (QED) is 0.272. The number of fused-ring (bicyclic) bond motifs is 1. The highest BCUT2D eigenvalue weighted by atomic mass is 79.9. The van der Waals surface area contributed by atoms with E-state index in [1.807, 2.05) is 25.1 Å². The van der Waals surface area contributed by atoms with Gasteiger partial charge in [0.2, 0.25) is 11.8 Å². The molecule has 4 aromatic rings. The van der Waals surface area contributed by atoms with Gasteiger partial charge in [-0.05, 0) is 58.7 Å². The van der Waals surface area contributed by atoms with E-state index in [0.29, 0.717) is 21.3 Å². The SMILES string of the molecule is CC(=O)c1nn(CC(=O)N2C[C@H](F)C[C@H]2C(=O)Nc2cccc(Br)n2)c2ccc(-c3cnnc(C)c3)cc12. The summed E-state index contributed by atoms with van der Waals surface area (Å²) in [5.74, 6) is -0.973. The molecule has 12 heteroatoms. The van der Waals surface area contributed by atoms with Gasteiger partial charge in [0, 0.05) is 24.3 Å². The summed E-state index contributed by atoms with van der Waals surface area (Å²) >= 11 is 3.24. The van der Waals surface area contributed by atoms with E-state index in [9.17, 15) is 18.8 Å². The van der Waals surface area contributed by atoms with E-state index in [-0.39, 0.29) is 31.0 Å². The van der Waals surface area contributed by atoms with Crippen LogP contribution in [0.25, 0.3) is 22.0 Å². The van der Waals surface area contributed by atoms with Crippen LogP contribution in [0.1, 0.15) is 29.5 Å². The summed E-state index contributed by atoms with van der Waals surface area (Å²) in [6.45, 7) is 2.77. The molecule has 0 spiro atoms. The maximum Gasteiger partial charge on any atom is 0.248 e. The van der Waals surface area contributed by atoms with Crippen LogP contribution in [0.3, 0.4) is 0 Å². The van der Waals surface area contributed by atoms with Crippen LogP contribution >= 0.6 is 15.9 Å². The summed E-state index contributed by atoms with van der Waals surface area (Å²) in [4.78, 5) is 44.0. The Morgan fingerprint density at radius 3 is 2.71 bits per heavy atom. The lowest BCUT2D eigenvalue weighted by Gasteiger charge is -2.23. The highest BCUT2D eigenvalue weighted by Gasteiger charge is 2.40. The molecule has 0 unspecified atom stereocenters. The van der Waals surface area contributed by atoms with Crippen molar-refractivity contribution in [2.24, 2.45) is 0 Å². The van der Waals surface area contributed by atoms with E-state index >= 15 is 0 Å². The summed E-state index contributed by atoms with van der Waals surface area (Å²) in [6.07, 6.45) is 0.171. The van der Waals surface area contributed by atoms with Crippen molar-refractivity contribution in [3.05, 3.63) is 64.7 Å². The molecule has 0 saturated carbocycles. The van der Waals surface area contributed by atoms with Crippen molar-refractivity contribution in [3.8, 4) is 11.1 Å². The maximum absolute atomic E-state index is 14.4. The predicted molar refractivity (Wildman–Crippen MR) is 141 cm³/mol. The van der Waals surface area contributed by atoms with Gasteiger partial charge in [-0.15, -0.1) is 0 Å². The van der Waals surface area contributed by atoms with Crippen molar-refractivity contribution < 1.29 is 18.8 Å². The molecule has 0 radical (unpaired) electrons. The number of likely N-dealkylation sites (tertiary alicyclic amines) is 1. The Morgan fingerprint density at radius 2 is 1.97 bits per heavy atom. The van der Waals surface area contributed by atoms with Gasteiger partial charge in [-0.2, -0.15) is 15.3 Å². The number of amides is 2. The van der Waals surface area contributed by atoms with E-state index in [1.54, 1.807) is 30.5 Å². The first-order chi connectivity index (χ1) is 18.2. The standard InChI is InChI=1S/C26H23BrFN7O3/c1-14-8-17(11-29-32-14)16-6-7-20-19(9-16)25(15(2)36)33-35(20)13-24(37)34-12-18(28)10-21(34)26(38)31-23-5-3-4-22(27)30-23/h3-9,11,18,21H,10,12-13H2,1-2H3,(H,30,31,38)/t18-,21+/m1/s1. The van der Waals surface area contributed by atoms with Gasteiger partial charge in [0.25, 0.3) is 0 Å². The number of aromatic nitrogens is 5. The topological polar surface area (TPSA) is 123 Å². The molecule has 5 rings (SSSR count). The zero-order chi connectivity index (χ0) is 27.0. The summed E-state index contributed by atoms with van der Waals surface area (Å²) in [5.41, 5.74) is 3.19. The molecule has 4 heterocycles. The number of nitrogens with one attached hydrogen (secondary N) is 1.